The summed E-state index contributed by atoms with van der Waals surface area (Å²) in [5, 5.41) is 16.0. The van der Waals surface area contributed by atoms with Crippen molar-refractivity contribution in [1.29, 1.82) is 0 Å². The number of rotatable bonds is 5. The average Bonchev–Trinajstić information content (AvgIpc) is 2.96. The molecule has 3 aliphatic rings. The van der Waals surface area contributed by atoms with E-state index in [1.165, 1.54) is 22.6 Å². The van der Waals surface area contributed by atoms with Crippen LogP contribution in [0.1, 0.15) is 24.5 Å². The van der Waals surface area contributed by atoms with Crippen molar-refractivity contribution in [2.75, 3.05) is 13.1 Å². The summed E-state index contributed by atoms with van der Waals surface area (Å²) >= 11 is 0. The van der Waals surface area contributed by atoms with Crippen LogP contribution in [0, 0.1) is 11.8 Å². The van der Waals surface area contributed by atoms with E-state index in [-0.39, 0.29) is 17.9 Å². The van der Waals surface area contributed by atoms with Gasteiger partial charge in [0, 0.05) is 29.1 Å². The summed E-state index contributed by atoms with van der Waals surface area (Å²) in [6.45, 7) is 6.21. The number of pyridine rings is 1. The van der Waals surface area contributed by atoms with Gasteiger partial charge in [-0.1, -0.05) is 54.6 Å². The van der Waals surface area contributed by atoms with Gasteiger partial charge >= 0.3 is 0 Å². The first-order valence-corrected chi connectivity index (χ1v) is 13.2. The van der Waals surface area contributed by atoms with Crippen LogP contribution in [-0.2, 0) is 0 Å². The average molecular weight is 487 g/mol. The molecule has 8 rings (SSSR count). The number of aromatic nitrogens is 1. The van der Waals surface area contributed by atoms with Crippen LogP contribution >= 0.6 is 0 Å². The Bertz CT molecular complexity index is 1640. The van der Waals surface area contributed by atoms with E-state index in [0.717, 1.165) is 47.1 Å². The van der Waals surface area contributed by atoms with Crippen molar-refractivity contribution in [2.24, 2.45) is 11.8 Å². The van der Waals surface area contributed by atoms with Crippen molar-refractivity contribution in [3.8, 4) is 11.5 Å². The Morgan fingerprint density at radius 3 is 2.57 bits per heavy atom. The van der Waals surface area contributed by atoms with Gasteiger partial charge in [-0.2, -0.15) is 0 Å². The smallest absolute Gasteiger partial charge is 0.140 e. The second-order valence-electron chi connectivity index (χ2n) is 10.5. The summed E-state index contributed by atoms with van der Waals surface area (Å²) in [6, 6.07) is 26.9. The van der Waals surface area contributed by atoms with E-state index >= 15 is 0 Å². The lowest BCUT2D eigenvalue weighted by Crippen LogP contribution is -2.55. The molecule has 0 amide bonds. The molecule has 1 N–H and O–H groups in total. The summed E-state index contributed by atoms with van der Waals surface area (Å²) in [5.74, 6) is 2.29. The zero-order valence-corrected chi connectivity index (χ0v) is 20.8. The van der Waals surface area contributed by atoms with Crippen LogP contribution in [0.5, 0.6) is 11.5 Å². The van der Waals surface area contributed by atoms with Crippen LogP contribution in [0.15, 0.2) is 97.7 Å². The Hall–Kier alpha value is -3.89. The van der Waals surface area contributed by atoms with Crippen molar-refractivity contribution >= 4 is 32.4 Å². The molecule has 0 saturated carbocycles. The molecule has 0 aliphatic carbocycles. The SMILES string of the molecule is C=C[C@H]1CN2CC[C@@H]1C[C@H]2[C@H](Oc1cc2ccccc2c2ccccc12)c1ccnc2ccc(O)cc12. The molecule has 3 fully saturated rings. The minimum Gasteiger partial charge on any atom is -0.508 e. The number of hydrogen-bond acceptors (Lipinski definition) is 4. The lowest BCUT2D eigenvalue weighted by molar-refractivity contribution is -0.0352. The van der Waals surface area contributed by atoms with E-state index in [1.807, 2.05) is 18.3 Å². The molecule has 3 aliphatic heterocycles. The molecular weight excluding hydrogens is 456 g/mol. The third-order valence-electron chi connectivity index (χ3n) is 8.55. The number of fused-ring (bicyclic) bond motifs is 7. The number of aromatic hydroxyl groups is 1. The predicted octanol–water partition coefficient (Wildman–Crippen LogP) is 7.26. The largest absolute Gasteiger partial charge is 0.508 e. The zero-order chi connectivity index (χ0) is 24.9. The number of piperidine rings is 3. The quantitative estimate of drug-likeness (QED) is 0.210. The van der Waals surface area contributed by atoms with Crippen molar-refractivity contribution in [3.63, 3.8) is 0 Å². The lowest BCUT2D eigenvalue weighted by atomic mass is 9.73. The maximum atomic E-state index is 10.4. The van der Waals surface area contributed by atoms with Gasteiger partial charge in [-0.3, -0.25) is 9.88 Å². The molecule has 4 nitrogen and oxygen atoms in total. The van der Waals surface area contributed by atoms with Crippen molar-refractivity contribution in [2.45, 2.75) is 25.0 Å². The third kappa shape index (κ3) is 3.75. The summed E-state index contributed by atoms with van der Waals surface area (Å²) < 4.78 is 7.15. The topological polar surface area (TPSA) is 45.6 Å². The van der Waals surface area contributed by atoms with Gasteiger partial charge in [0.15, 0.2) is 0 Å². The summed E-state index contributed by atoms with van der Waals surface area (Å²) in [5.41, 5.74) is 1.94. The van der Waals surface area contributed by atoms with Gasteiger partial charge in [-0.05, 0) is 77.7 Å². The molecule has 4 aromatic carbocycles. The highest BCUT2D eigenvalue weighted by atomic mass is 16.5. The Morgan fingerprint density at radius 1 is 0.946 bits per heavy atom. The van der Waals surface area contributed by atoms with Gasteiger partial charge < -0.3 is 9.84 Å². The van der Waals surface area contributed by atoms with Crippen LogP contribution in [0.3, 0.4) is 0 Å². The van der Waals surface area contributed by atoms with E-state index in [0.29, 0.717) is 11.8 Å². The van der Waals surface area contributed by atoms with Crippen LogP contribution < -0.4 is 4.74 Å². The second kappa shape index (κ2) is 8.89. The van der Waals surface area contributed by atoms with Gasteiger partial charge in [-0.15, -0.1) is 6.58 Å². The highest BCUT2D eigenvalue weighted by molar-refractivity contribution is 6.10. The third-order valence-corrected chi connectivity index (χ3v) is 8.55. The number of ether oxygens (including phenoxy) is 1. The van der Waals surface area contributed by atoms with Crippen molar-refractivity contribution in [3.05, 3.63) is 103 Å². The zero-order valence-electron chi connectivity index (χ0n) is 20.8. The molecule has 184 valence electrons. The minimum absolute atomic E-state index is 0.203. The van der Waals surface area contributed by atoms with Gasteiger partial charge in [0.1, 0.15) is 17.6 Å². The van der Waals surface area contributed by atoms with Gasteiger partial charge in [0.2, 0.25) is 0 Å². The number of phenolic OH excluding ortho intramolecular Hbond substituents is 1. The van der Waals surface area contributed by atoms with Gasteiger partial charge in [0.25, 0.3) is 0 Å². The maximum Gasteiger partial charge on any atom is 0.140 e. The number of hydrogen-bond donors (Lipinski definition) is 1. The van der Waals surface area contributed by atoms with E-state index < -0.39 is 0 Å². The molecule has 0 radical (unpaired) electrons. The predicted molar refractivity (Wildman–Crippen MR) is 150 cm³/mol. The second-order valence-corrected chi connectivity index (χ2v) is 10.5. The van der Waals surface area contributed by atoms with E-state index in [2.05, 4.69) is 83.2 Å². The molecule has 4 heteroatoms. The maximum absolute atomic E-state index is 10.4. The van der Waals surface area contributed by atoms with E-state index in [4.69, 9.17) is 4.74 Å². The fourth-order valence-corrected chi connectivity index (χ4v) is 6.70. The standard InChI is InChI=1S/C33H30N2O2/c1-2-21-20-35-16-14-22(21)17-31(35)33(28-13-15-34-30-12-11-24(36)19-29(28)30)37-32-18-23-7-3-4-8-25(23)26-9-5-6-10-27(26)32/h2-13,15,18-19,21-22,31,33,36H,1,14,16-17,20H2/t21-,22+,31-,33+/m0/s1. The Kier molecular flexibility index (Phi) is 5.37. The van der Waals surface area contributed by atoms with Gasteiger partial charge in [0.05, 0.1) is 11.6 Å². The molecule has 0 spiro atoms. The molecule has 3 saturated heterocycles. The van der Waals surface area contributed by atoms with Crippen LogP contribution in [0.4, 0.5) is 0 Å². The Morgan fingerprint density at radius 2 is 1.76 bits per heavy atom. The summed E-state index contributed by atoms with van der Waals surface area (Å²) in [7, 11) is 0. The summed E-state index contributed by atoms with van der Waals surface area (Å²) in [4.78, 5) is 7.18. The monoisotopic (exact) mass is 486 g/mol. The fourth-order valence-electron chi connectivity index (χ4n) is 6.70. The van der Waals surface area contributed by atoms with Crippen LogP contribution in [0.25, 0.3) is 32.4 Å². The van der Waals surface area contributed by atoms with E-state index in [1.54, 1.807) is 6.07 Å². The first-order chi connectivity index (χ1) is 18.2. The number of benzene rings is 4. The molecule has 1 aromatic heterocycles. The Labute approximate surface area is 216 Å². The molecule has 5 atom stereocenters. The van der Waals surface area contributed by atoms with Crippen molar-refractivity contribution < 1.29 is 9.84 Å². The first-order valence-electron chi connectivity index (χ1n) is 13.2. The summed E-state index contributed by atoms with van der Waals surface area (Å²) in [6.07, 6.45) is 6.07. The van der Waals surface area contributed by atoms with Crippen LogP contribution in [0.2, 0.25) is 0 Å². The lowest BCUT2D eigenvalue weighted by Gasteiger charge is -2.51. The molecule has 4 heterocycles. The normalized spacial score (nSPS) is 23.9. The molecule has 37 heavy (non-hydrogen) atoms. The van der Waals surface area contributed by atoms with E-state index in [9.17, 15) is 5.11 Å². The fraction of sp³-hybridized carbons (Fsp3) is 0.242. The Balaban J connectivity index is 1.41. The highest BCUT2D eigenvalue weighted by Crippen LogP contribution is 2.45. The van der Waals surface area contributed by atoms with Crippen LogP contribution in [-0.4, -0.2) is 34.1 Å². The molecule has 2 bridgehead atoms. The van der Waals surface area contributed by atoms with Gasteiger partial charge in [-0.25, -0.2) is 0 Å². The van der Waals surface area contributed by atoms with Crippen molar-refractivity contribution in [1.82, 2.24) is 9.88 Å². The minimum atomic E-state index is -0.203. The number of nitrogens with zero attached hydrogens (tertiary/aromatic N) is 2. The first kappa shape index (κ1) is 22.3. The molecular formula is C33H30N2O2. The number of phenols is 1. The highest BCUT2D eigenvalue weighted by Gasteiger charge is 2.44. The molecule has 5 aromatic rings. The molecule has 1 unspecified atom stereocenters.